The van der Waals surface area contributed by atoms with Crippen LogP contribution in [0.25, 0.3) is 0 Å². The molecule has 1 unspecified atom stereocenters. The molecule has 3 nitrogen and oxygen atoms in total. The number of hydrogen-bond acceptors (Lipinski definition) is 3. The first kappa shape index (κ1) is 14.1. The molecule has 2 aromatic carbocycles. The fraction of sp³-hybridized carbons (Fsp3) is 0.235. The first-order valence-electron chi connectivity index (χ1n) is 6.87. The van der Waals surface area contributed by atoms with E-state index < -0.39 is 0 Å². The van der Waals surface area contributed by atoms with Crippen molar-refractivity contribution in [1.29, 1.82) is 0 Å². The molecule has 1 fully saturated rings. The van der Waals surface area contributed by atoms with E-state index in [4.69, 9.17) is 9.47 Å². The topological polar surface area (TPSA) is 35.5 Å². The maximum atomic E-state index is 11.1. The normalized spacial score (nSPS) is 17.6. The number of hydrogen-bond donors (Lipinski definition) is 0. The molecule has 1 aliphatic heterocycles. The van der Waals surface area contributed by atoms with Gasteiger partial charge in [0.1, 0.15) is 18.5 Å². The lowest BCUT2D eigenvalue weighted by atomic mass is 10.1. The van der Waals surface area contributed by atoms with Crippen molar-refractivity contribution in [1.82, 2.24) is 0 Å². The molecule has 1 saturated heterocycles. The third-order valence-corrected chi connectivity index (χ3v) is 3.92. The van der Waals surface area contributed by atoms with Crippen LogP contribution in [-0.4, -0.2) is 5.97 Å². The number of cyclic esters (lactones) is 1. The SMILES string of the molecule is O=C1CCC(c2ccc(OCc3cccc(Br)c3)cc2)O1. The Morgan fingerprint density at radius 1 is 1.19 bits per heavy atom. The third kappa shape index (κ3) is 3.64. The highest BCUT2D eigenvalue weighted by molar-refractivity contribution is 9.10. The number of carbonyl (C=O) groups excluding carboxylic acids is 1. The third-order valence-electron chi connectivity index (χ3n) is 3.43. The molecule has 0 N–H and O–H groups in total. The summed E-state index contributed by atoms with van der Waals surface area (Å²) in [5.74, 6) is 0.693. The van der Waals surface area contributed by atoms with Crippen LogP contribution < -0.4 is 4.74 Å². The summed E-state index contributed by atoms with van der Waals surface area (Å²) in [5, 5.41) is 0. The van der Waals surface area contributed by atoms with Crippen LogP contribution in [0.5, 0.6) is 5.75 Å². The van der Waals surface area contributed by atoms with Crippen LogP contribution in [0.3, 0.4) is 0 Å². The second kappa shape index (κ2) is 6.31. The summed E-state index contributed by atoms with van der Waals surface area (Å²) in [7, 11) is 0. The van der Waals surface area contributed by atoms with Gasteiger partial charge in [0.15, 0.2) is 0 Å². The molecule has 0 radical (unpaired) electrons. The maximum Gasteiger partial charge on any atom is 0.306 e. The standard InChI is InChI=1S/C17H15BrO3/c18-14-3-1-2-12(10-14)11-20-15-6-4-13(5-7-15)16-8-9-17(19)21-16/h1-7,10,16H,8-9,11H2. The Morgan fingerprint density at radius 2 is 2.00 bits per heavy atom. The minimum absolute atomic E-state index is 0.100. The Morgan fingerprint density at radius 3 is 2.67 bits per heavy atom. The molecule has 0 saturated carbocycles. The summed E-state index contributed by atoms with van der Waals surface area (Å²) >= 11 is 3.44. The van der Waals surface area contributed by atoms with Crippen molar-refractivity contribution in [3.63, 3.8) is 0 Å². The molecular weight excluding hydrogens is 332 g/mol. The van der Waals surface area contributed by atoms with E-state index in [9.17, 15) is 4.79 Å². The zero-order valence-corrected chi connectivity index (χ0v) is 13.0. The maximum absolute atomic E-state index is 11.1. The second-order valence-electron chi connectivity index (χ2n) is 5.00. The number of halogens is 1. The average Bonchev–Trinajstić information content (AvgIpc) is 2.92. The Kier molecular flexibility index (Phi) is 4.25. The van der Waals surface area contributed by atoms with Crippen LogP contribution in [-0.2, 0) is 16.1 Å². The van der Waals surface area contributed by atoms with Crippen molar-refractivity contribution in [2.75, 3.05) is 0 Å². The fourth-order valence-corrected chi connectivity index (χ4v) is 2.78. The summed E-state index contributed by atoms with van der Waals surface area (Å²) in [6.07, 6.45) is 1.17. The van der Waals surface area contributed by atoms with Crippen LogP contribution in [0.15, 0.2) is 53.0 Å². The minimum Gasteiger partial charge on any atom is -0.489 e. The van der Waals surface area contributed by atoms with Crippen molar-refractivity contribution in [3.05, 3.63) is 64.1 Å². The predicted octanol–water partition coefficient (Wildman–Crippen LogP) is 4.41. The van der Waals surface area contributed by atoms with Crippen molar-refractivity contribution in [2.45, 2.75) is 25.6 Å². The van der Waals surface area contributed by atoms with E-state index in [2.05, 4.69) is 15.9 Å². The Labute approximate surface area is 132 Å². The molecule has 2 aromatic rings. The van der Waals surface area contributed by atoms with Gasteiger partial charge in [-0.15, -0.1) is 0 Å². The Hall–Kier alpha value is -1.81. The van der Waals surface area contributed by atoms with E-state index in [-0.39, 0.29) is 12.1 Å². The van der Waals surface area contributed by atoms with Crippen molar-refractivity contribution in [2.24, 2.45) is 0 Å². The minimum atomic E-state index is -0.116. The first-order valence-corrected chi connectivity index (χ1v) is 7.67. The molecular formula is C17H15BrO3. The molecule has 3 rings (SSSR count). The molecule has 0 aliphatic carbocycles. The van der Waals surface area contributed by atoms with Gasteiger partial charge >= 0.3 is 5.97 Å². The summed E-state index contributed by atoms with van der Waals surface area (Å²) in [6, 6.07) is 15.8. The van der Waals surface area contributed by atoms with Gasteiger partial charge in [-0.05, 0) is 41.8 Å². The summed E-state index contributed by atoms with van der Waals surface area (Å²) in [6.45, 7) is 0.525. The molecule has 4 heteroatoms. The van der Waals surface area contributed by atoms with Gasteiger partial charge < -0.3 is 9.47 Å². The second-order valence-corrected chi connectivity index (χ2v) is 5.92. The highest BCUT2D eigenvalue weighted by Gasteiger charge is 2.24. The zero-order valence-electron chi connectivity index (χ0n) is 11.4. The van der Waals surface area contributed by atoms with Gasteiger partial charge in [-0.3, -0.25) is 4.79 Å². The van der Waals surface area contributed by atoms with Crippen LogP contribution in [0.2, 0.25) is 0 Å². The average molecular weight is 347 g/mol. The first-order chi connectivity index (χ1) is 10.2. The molecule has 0 bridgehead atoms. The fourth-order valence-electron chi connectivity index (χ4n) is 2.33. The molecule has 0 amide bonds. The number of ether oxygens (including phenoxy) is 2. The molecule has 108 valence electrons. The van der Waals surface area contributed by atoms with Gasteiger partial charge in [0.2, 0.25) is 0 Å². The summed E-state index contributed by atoms with van der Waals surface area (Å²) < 4.78 is 12.0. The van der Waals surface area contributed by atoms with Gasteiger partial charge in [0.25, 0.3) is 0 Å². The van der Waals surface area contributed by atoms with Crippen LogP contribution in [0.4, 0.5) is 0 Å². The molecule has 21 heavy (non-hydrogen) atoms. The van der Waals surface area contributed by atoms with E-state index in [1.54, 1.807) is 0 Å². The molecule has 1 aliphatic rings. The largest absolute Gasteiger partial charge is 0.489 e. The molecule has 1 atom stereocenters. The van der Waals surface area contributed by atoms with Crippen LogP contribution >= 0.6 is 15.9 Å². The lowest BCUT2D eigenvalue weighted by Gasteiger charge is -2.11. The molecule has 0 aromatic heterocycles. The number of benzene rings is 2. The Bertz CT molecular complexity index is 637. The molecule has 0 spiro atoms. The zero-order chi connectivity index (χ0) is 14.7. The van der Waals surface area contributed by atoms with E-state index in [0.29, 0.717) is 13.0 Å². The summed E-state index contributed by atoms with van der Waals surface area (Å²) in [4.78, 5) is 11.1. The van der Waals surface area contributed by atoms with E-state index in [1.807, 2.05) is 48.5 Å². The van der Waals surface area contributed by atoms with Crippen LogP contribution in [0, 0.1) is 0 Å². The lowest BCUT2D eigenvalue weighted by molar-refractivity contribution is -0.141. The van der Waals surface area contributed by atoms with E-state index >= 15 is 0 Å². The summed E-state index contributed by atoms with van der Waals surface area (Å²) in [5.41, 5.74) is 2.13. The van der Waals surface area contributed by atoms with Gasteiger partial charge in [0, 0.05) is 10.9 Å². The van der Waals surface area contributed by atoms with Crippen LogP contribution in [0.1, 0.15) is 30.1 Å². The van der Waals surface area contributed by atoms with Gasteiger partial charge in [-0.2, -0.15) is 0 Å². The van der Waals surface area contributed by atoms with Crippen molar-refractivity contribution < 1.29 is 14.3 Å². The number of carbonyl (C=O) groups is 1. The van der Waals surface area contributed by atoms with E-state index in [0.717, 1.165) is 27.8 Å². The lowest BCUT2D eigenvalue weighted by Crippen LogP contribution is -1.99. The Balaban J connectivity index is 1.61. The van der Waals surface area contributed by atoms with Crippen molar-refractivity contribution >= 4 is 21.9 Å². The van der Waals surface area contributed by atoms with Gasteiger partial charge in [0.05, 0.1) is 0 Å². The highest BCUT2D eigenvalue weighted by Crippen LogP contribution is 2.30. The van der Waals surface area contributed by atoms with Crippen molar-refractivity contribution in [3.8, 4) is 5.75 Å². The molecule has 1 heterocycles. The number of esters is 1. The monoisotopic (exact) mass is 346 g/mol. The quantitative estimate of drug-likeness (QED) is 0.769. The van der Waals surface area contributed by atoms with Gasteiger partial charge in [-0.25, -0.2) is 0 Å². The smallest absolute Gasteiger partial charge is 0.306 e. The predicted molar refractivity (Wildman–Crippen MR) is 83.0 cm³/mol. The number of rotatable bonds is 4. The van der Waals surface area contributed by atoms with E-state index in [1.165, 1.54) is 0 Å². The van der Waals surface area contributed by atoms with Gasteiger partial charge in [-0.1, -0.05) is 40.2 Å². The highest BCUT2D eigenvalue weighted by atomic mass is 79.9.